The van der Waals surface area contributed by atoms with Crippen LogP contribution in [0, 0.1) is 0 Å². The quantitative estimate of drug-likeness (QED) is 0.455. The second-order valence-electron chi connectivity index (χ2n) is 4.62. The normalized spacial score (nSPS) is 11.8. The van der Waals surface area contributed by atoms with E-state index in [1.54, 1.807) is 0 Å². The Morgan fingerprint density at radius 1 is 1.45 bits per heavy atom. The van der Waals surface area contributed by atoms with Crippen molar-refractivity contribution in [3.8, 4) is 0 Å². The molecule has 1 rings (SSSR count). The van der Waals surface area contributed by atoms with Crippen molar-refractivity contribution in [2.24, 2.45) is 0 Å². The first-order valence-electron chi connectivity index (χ1n) is 6.45. The summed E-state index contributed by atoms with van der Waals surface area (Å²) in [6.45, 7) is 8.30. The smallest absolute Gasteiger partial charge is 0.215 e. The fraction of sp³-hybridized carbons (Fsp3) is 0.429. The van der Waals surface area contributed by atoms with Gasteiger partial charge in [0.05, 0.1) is 5.75 Å². The number of rotatable bonds is 8. The van der Waals surface area contributed by atoms with Crippen LogP contribution >= 0.6 is 11.8 Å². The summed E-state index contributed by atoms with van der Waals surface area (Å²) in [4.78, 5) is 0.989. The molecule has 2 N–H and O–H groups in total. The summed E-state index contributed by atoms with van der Waals surface area (Å²) in [5, 5.41) is 0. The van der Waals surface area contributed by atoms with Crippen molar-refractivity contribution in [3.63, 3.8) is 0 Å². The molecule has 112 valence electrons. The van der Waals surface area contributed by atoms with Gasteiger partial charge in [-0.1, -0.05) is 25.1 Å². The van der Waals surface area contributed by atoms with Gasteiger partial charge in [0, 0.05) is 29.4 Å². The average Bonchev–Trinajstić information content (AvgIpc) is 2.35. The zero-order valence-corrected chi connectivity index (χ0v) is 13.6. The predicted octanol–water partition coefficient (Wildman–Crippen LogP) is 2.59. The summed E-state index contributed by atoms with van der Waals surface area (Å²) in [5.74, 6) is 0.631. The Kier molecular flexibility index (Phi) is 6.58. The molecule has 0 amide bonds. The summed E-state index contributed by atoms with van der Waals surface area (Å²) in [6, 6.07) is 7.46. The largest absolute Gasteiger partial charge is 0.399 e. The SMILES string of the molecule is C=C(C)CN(CC)S(=O)(=O)CCSc1cccc(N)c1. The maximum Gasteiger partial charge on any atom is 0.215 e. The van der Waals surface area contributed by atoms with Crippen molar-refractivity contribution in [1.29, 1.82) is 0 Å². The van der Waals surface area contributed by atoms with E-state index in [1.165, 1.54) is 16.1 Å². The molecular formula is C14H22N2O2S2. The van der Waals surface area contributed by atoms with Gasteiger partial charge in [-0.15, -0.1) is 11.8 Å². The van der Waals surface area contributed by atoms with Crippen LogP contribution in [0.1, 0.15) is 13.8 Å². The summed E-state index contributed by atoms with van der Waals surface area (Å²) in [7, 11) is -3.23. The lowest BCUT2D eigenvalue weighted by Gasteiger charge is -2.20. The zero-order valence-electron chi connectivity index (χ0n) is 12.0. The number of hydrogen-bond donors (Lipinski definition) is 1. The summed E-state index contributed by atoms with van der Waals surface area (Å²) in [5.41, 5.74) is 7.23. The highest BCUT2D eigenvalue weighted by Gasteiger charge is 2.19. The Balaban J connectivity index is 2.56. The summed E-state index contributed by atoms with van der Waals surface area (Å²) in [6.07, 6.45) is 0. The van der Waals surface area contributed by atoms with Crippen LogP contribution in [0.25, 0.3) is 0 Å². The van der Waals surface area contributed by atoms with E-state index in [4.69, 9.17) is 5.73 Å². The van der Waals surface area contributed by atoms with Gasteiger partial charge in [-0.05, 0) is 25.1 Å². The van der Waals surface area contributed by atoms with Crippen molar-refractivity contribution in [1.82, 2.24) is 4.31 Å². The maximum atomic E-state index is 12.2. The fourth-order valence-electron chi connectivity index (χ4n) is 1.71. The molecule has 0 heterocycles. The molecule has 0 aliphatic rings. The number of nitrogens with two attached hydrogens (primary N) is 1. The van der Waals surface area contributed by atoms with E-state index in [-0.39, 0.29) is 5.75 Å². The van der Waals surface area contributed by atoms with E-state index in [9.17, 15) is 8.42 Å². The van der Waals surface area contributed by atoms with E-state index < -0.39 is 10.0 Å². The summed E-state index contributed by atoms with van der Waals surface area (Å²) >= 11 is 1.50. The van der Waals surface area contributed by atoms with Gasteiger partial charge < -0.3 is 5.73 Å². The van der Waals surface area contributed by atoms with E-state index in [0.717, 1.165) is 10.5 Å². The standard InChI is InChI=1S/C14H22N2O2S2/c1-4-16(11-12(2)3)20(17,18)9-8-19-14-7-5-6-13(15)10-14/h5-7,10H,2,4,8-9,11,15H2,1,3H3. The second kappa shape index (κ2) is 7.71. The Labute approximate surface area is 126 Å². The van der Waals surface area contributed by atoms with Gasteiger partial charge in [0.2, 0.25) is 10.0 Å². The van der Waals surface area contributed by atoms with Gasteiger partial charge in [-0.25, -0.2) is 8.42 Å². The van der Waals surface area contributed by atoms with Crippen molar-refractivity contribution in [2.45, 2.75) is 18.7 Å². The number of thioether (sulfide) groups is 1. The Morgan fingerprint density at radius 2 is 2.15 bits per heavy atom. The third kappa shape index (κ3) is 5.56. The van der Waals surface area contributed by atoms with Gasteiger partial charge in [0.1, 0.15) is 0 Å². The van der Waals surface area contributed by atoms with E-state index in [1.807, 2.05) is 38.1 Å². The molecule has 4 nitrogen and oxygen atoms in total. The molecule has 0 aromatic heterocycles. The van der Waals surface area contributed by atoms with Crippen LogP contribution in [-0.2, 0) is 10.0 Å². The molecule has 0 saturated heterocycles. The highest BCUT2D eigenvalue weighted by atomic mass is 32.2. The molecule has 0 spiro atoms. The second-order valence-corrected chi connectivity index (χ2v) is 7.88. The van der Waals surface area contributed by atoms with Crippen LogP contribution < -0.4 is 5.73 Å². The van der Waals surface area contributed by atoms with Crippen molar-refractivity contribution in [2.75, 3.05) is 30.3 Å². The molecule has 0 radical (unpaired) electrons. The lowest BCUT2D eigenvalue weighted by molar-refractivity contribution is 0.454. The molecule has 1 aromatic carbocycles. The number of sulfonamides is 1. The van der Waals surface area contributed by atoms with Crippen LogP contribution in [0.2, 0.25) is 0 Å². The number of likely N-dealkylation sites (N-methyl/N-ethyl adjacent to an activating group) is 1. The van der Waals surface area contributed by atoms with Crippen molar-refractivity contribution < 1.29 is 8.42 Å². The first-order chi connectivity index (χ1) is 9.35. The van der Waals surface area contributed by atoms with Crippen LogP contribution in [0.4, 0.5) is 5.69 Å². The lowest BCUT2D eigenvalue weighted by atomic mass is 10.3. The van der Waals surface area contributed by atoms with Gasteiger partial charge >= 0.3 is 0 Å². The van der Waals surface area contributed by atoms with Crippen molar-refractivity contribution in [3.05, 3.63) is 36.4 Å². The van der Waals surface area contributed by atoms with Gasteiger partial charge in [-0.3, -0.25) is 0 Å². The average molecular weight is 314 g/mol. The number of hydrogen-bond acceptors (Lipinski definition) is 4. The van der Waals surface area contributed by atoms with Crippen LogP contribution in [0.15, 0.2) is 41.3 Å². The molecule has 0 aliphatic carbocycles. The van der Waals surface area contributed by atoms with Crippen LogP contribution in [-0.4, -0.2) is 37.3 Å². The molecule has 0 saturated carbocycles. The zero-order chi connectivity index (χ0) is 15.2. The third-order valence-corrected chi connectivity index (χ3v) is 5.81. The maximum absolute atomic E-state index is 12.2. The lowest BCUT2D eigenvalue weighted by Crippen LogP contribution is -2.34. The monoisotopic (exact) mass is 314 g/mol. The number of nitrogen functional groups attached to an aromatic ring is 1. The first-order valence-corrected chi connectivity index (χ1v) is 9.05. The number of benzene rings is 1. The minimum absolute atomic E-state index is 0.119. The highest BCUT2D eigenvalue weighted by Crippen LogP contribution is 2.20. The van der Waals surface area contributed by atoms with E-state index in [0.29, 0.717) is 24.5 Å². The number of anilines is 1. The molecule has 6 heteroatoms. The molecule has 0 bridgehead atoms. The Bertz CT molecular complexity index is 556. The Morgan fingerprint density at radius 3 is 2.70 bits per heavy atom. The molecule has 0 aliphatic heterocycles. The van der Waals surface area contributed by atoms with Gasteiger partial charge in [0.25, 0.3) is 0 Å². The van der Waals surface area contributed by atoms with Crippen LogP contribution in [0.5, 0.6) is 0 Å². The topological polar surface area (TPSA) is 63.4 Å². The van der Waals surface area contributed by atoms with E-state index >= 15 is 0 Å². The van der Waals surface area contributed by atoms with Crippen molar-refractivity contribution >= 4 is 27.5 Å². The van der Waals surface area contributed by atoms with E-state index in [2.05, 4.69) is 6.58 Å². The molecule has 0 fully saturated rings. The minimum atomic E-state index is -3.23. The third-order valence-electron chi connectivity index (χ3n) is 2.66. The Hall–Kier alpha value is -0.980. The molecule has 20 heavy (non-hydrogen) atoms. The highest BCUT2D eigenvalue weighted by molar-refractivity contribution is 8.00. The molecule has 0 unspecified atom stereocenters. The van der Waals surface area contributed by atoms with Crippen LogP contribution in [0.3, 0.4) is 0 Å². The van der Waals surface area contributed by atoms with Gasteiger partial charge in [0.15, 0.2) is 0 Å². The van der Waals surface area contributed by atoms with Gasteiger partial charge in [-0.2, -0.15) is 4.31 Å². The summed E-state index contributed by atoms with van der Waals surface area (Å²) < 4.78 is 25.9. The minimum Gasteiger partial charge on any atom is -0.399 e. The molecular weight excluding hydrogens is 292 g/mol. The predicted molar refractivity (Wildman–Crippen MR) is 87.4 cm³/mol. The first kappa shape index (κ1) is 17.1. The molecule has 1 aromatic rings. The molecule has 0 atom stereocenters. The number of nitrogens with zero attached hydrogens (tertiary/aromatic N) is 1. The fourth-order valence-corrected chi connectivity index (χ4v) is 4.58.